The first kappa shape index (κ1) is 81.7. The predicted octanol–water partition coefficient (Wildman–Crippen LogP) is 21.0. The number of fused-ring (bicyclic) bond motifs is 4. The predicted molar refractivity (Wildman–Crippen MR) is 299 cm³/mol. The lowest BCUT2D eigenvalue weighted by Crippen LogP contribution is -2.79. The molecule has 10 rings (SSSR count). The van der Waals surface area contributed by atoms with Crippen LogP contribution in [-0.2, 0) is 6.18 Å². The summed E-state index contributed by atoms with van der Waals surface area (Å²) in [5, 5.41) is -27.0. The van der Waals surface area contributed by atoms with Gasteiger partial charge in [0, 0.05) is 12.2 Å². The van der Waals surface area contributed by atoms with Gasteiger partial charge in [0.2, 0.25) is 5.82 Å². The number of benzene rings is 10. The molecule has 2 atom stereocenters. The van der Waals surface area contributed by atoms with Crippen molar-refractivity contribution < 1.29 is 171 Å². The summed E-state index contributed by atoms with van der Waals surface area (Å²) in [6.45, 7) is 7.36. The van der Waals surface area contributed by atoms with Crippen molar-refractivity contribution in [3.63, 3.8) is 0 Å². The van der Waals surface area contributed by atoms with E-state index in [1.165, 1.54) is 38.3 Å². The van der Waals surface area contributed by atoms with E-state index in [4.69, 9.17) is 0 Å². The molecule has 0 bridgehead atoms. The Morgan fingerprint density at radius 1 is 0.267 bits per heavy atom. The molecule has 0 nitrogen and oxygen atoms in total. The maximum Gasteiger partial charge on any atom is 0.419 e. The molecule has 10 aromatic carbocycles. The third kappa shape index (κ3) is 12.3. The molecule has 0 heterocycles. The summed E-state index contributed by atoms with van der Waals surface area (Å²) in [6, 6.07) is 0. The topological polar surface area (TPSA) is 0 Å². The molecule has 41 heteroatoms. The smallest absolute Gasteiger partial charge is 0.207 e. The van der Waals surface area contributed by atoms with Crippen molar-refractivity contribution >= 4 is 79.7 Å². The first-order valence-electron chi connectivity index (χ1n) is 28.6. The molecule has 0 saturated carbocycles. The first-order valence-corrected chi connectivity index (χ1v) is 30.6. The van der Waals surface area contributed by atoms with E-state index < -0.39 is 309 Å². The van der Waals surface area contributed by atoms with Crippen molar-refractivity contribution in [3.05, 3.63) is 221 Å². The van der Waals surface area contributed by atoms with Crippen LogP contribution in [0.4, 0.5) is 171 Å². The highest BCUT2D eigenvalue weighted by atomic mass is 31.1. The molecule has 105 heavy (non-hydrogen) atoms. The van der Waals surface area contributed by atoms with Crippen molar-refractivity contribution in [1.29, 1.82) is 0 Å². The van der Waals surface area contributed by atoms with Crippen molar-refractivity contribution in [3.8, 4) is 11.1 Å². The fourth-order valence-corrected chi connectivity index (χ4v) is 13.0. The second kappa shape index (κ2) is 29.4. The normalized spacial score (nSPS) is 12.5. The Morgan fingerprint density at radius 2 is 0.486 bits per heavy atom. The number of rotatable bonds is 12. The van der Waals surface area contributed by atoms with Gasteiger partial charge in [0.15, 0.2) is 180 Å². The summed E-state index contributed by atoms with van der Waals surface area (Å²) in [7, 11) is 0.749. The Balaban J connectivity index is 0.000000316. The Kier molecular flexibility index (Phi) is 22.9. The van der Waals surface area contributed by atoms with Crippen LogP contribution in [-0.4, -0.2) is 19.0 Å². The maximum absolute atomic E-state index is 17.3. The second-order valence-corrected chi connectivity index (χ2v) is 23.9. The molecule has 0 spiro atoms. The van der Waals surface area contributed by atoms with Gasteiger partial charge in [-0.3, -0.25) is 0 Å². The van der Waals surface area contributed by atoms with Crippen LogP contribution in [0, 0.1) is 222 Å². The van der Waals surface area contributed by atoms with Gasteiger partial charge >= 0.3 is 6.18 Å². The largest absolute Gasteiger partial charge is 0.419 e. The van der Waals surface area contributed by atoms with Crippen LogP contribution in [0.2, 0.25) is 0 Å². The molecular weight excluding hydrogens is 1550 g/mol. The fraction of sp³-hybridized carbons (Fsp3) is 0.188. The van der Waals surface area contributed by atoms with E-state index in [9.17, 15) is 65.9 Å². The molecule has 0 amide bonds. The van der Waals surface area contributed by atoms with Crippen LogP contribution in [0.5, 0.6) is 0 Å². The van der Waals surface area contributed by atoms with Gasteiger partial charge in [-0.15, -0.1) is 21.9 Å². The third-order valence-corrected chi connectivity index (χ3v) is 17.9. The molecule has 564 valence electrons. The van der Waals surface area contributed by atoms with E-state index in [2.05, 4.69) is 20.5 Å². The van der Waals surface area contributed by atoms with Crippen LogP contribution in [0.15, 0.2) is 0 Å². The highest BCUT2D eigenvalue weighted by Crippen LogP contribution is 2.47. The van der Waals surface area contributed by atoms with Gasteiger partial charge in [0.25, 0.3) is 0 Å². The second-order valence-electron chi connectivity index (χ2n) is 22.5. The molecule has 10 aromatic rings. The lowest BCUT2D eigenvalue weighted by Gasteiger charge is -2.47. The summed E-state index contributed by atoms with van der Waals surface area (Å²) in [5.74, 6) is -124. The average molecular weight is 1580 g/mol. The quantitative estimate of drug-likeness (QED) is 0.0376. The fourth-order valence-electron chi connectivity index (χ4n) is 12.2. The number of hydrogen-bond acceptors (Lipinski definition) is 0. The molecule has 0 aromatic heterocycles. The number of alkyl halides is 3. The van der Waals surface area contributed by atoms with E-state index in [0.717, 1.165) is 14.5 Å². The van der Waals surface area contributed by atoms with E-state index >= 15 is 105 Å². The van der Waals surface area contributed by atoms with Gasteiger partial charge in [-0.2, -0.15) is 13.2 Å². The summed E-state index contributed by atoms with van der Waals surface area (Å²) in [4.78, 5) is 0. The molecule has 0 saturated heterocycles. The third-order valence-electron chi connectivity index (χ3n) is 17.0. The molecular formula is C64H27BF39P. The van der Waals surface area contributed by atoms with Gasteiger partial charge in [-0.25, -0.2) is 158 Å². The Labute approximate surface area is 559 Å². The van der Waals surface area contributed by atoms with Crippen molar-refractivity contribution in [2.24, 2.45) is 5.92 Å². The van der Waals surface area contributed by atoms with Crippen LogP contribution in [0.1, 0.15) is 57.1 Å². The zero-order chi connectivity index (χ0) is 79.5. The molecule has 0 N–H and O–H groups in total. The van der Waals surface area contributed by atoms with Gasteiger partial charge < -0.3 is 0 Å². The lowest BCUT2D eigenvalue weighted by atomic mass is 9.11. The lowest BCUT2D eigenvalue weighted by molar-refractivity contribution is -0.139. The molecule has 0 aliphatic rings. The molecule has 0 aliphatic heterocycles. The van der Waals surface area contributed by atoms with Gasteiger partial charge in [-0.1, -0.05) is 39.5 Å². The minimum atomic E-state index is -8.05. The number of hydrogen-bond donors (Lipinski definition) is 0. The Hall–Kier alpha value is -9.00. The van der Waals surface area contributed by atoms with Gasteiger partial charge in [0.05, 0.1) is 33.3 Å². The first-order chi connectivity index (χ1) is 48.7. The molecule has 0 radical (unpaired) electrons. The van der Waals surface area contributed by atoms with Crippen molar-refractivity contribution in [1.82, 2.24) is 0 Å². The highest BCUT2D eigenvalue weighted by Gasteiger charge is 2.53. The van der Waals surface area contributed by atoms with E-state index in [-0.39, 0.29) is 0 Å². The minimum Gasteiger partial charge on any atom is -0.207 e. The molecule has 2 unspecified atom stereocenters. The monoisotopic (exact) mass is 1580 g/mol. The SMILES string of the molecule is CCCCC(CC)CC[PH2+]C.Cc1c(F)c(F)c(F)c(C(F)(F)F)c1-c1c(F)c(F)c(F)c(F)c1F.Fc1c(F)c(F)c2c([B-](c3c(F)c(F)c(F)c4c(F)c(F)c(F)c(F)c34)(c3c(F)c(F)c(F)c4c(F)c(F)c(F)c(F)c34)c3c(F)c(F)c(F)c4c(F)c(F)c(F)c(F)c34)c(F)c(F)c(F)c2c1F. The Bertz CT molecular complexity index is 4800. The van der Waals surface area contributed by atoms with Crippen molar-refractivity contribution in [2.75, 3.05) is 12.8 Å². The van der Waals surface area contributed by atoms with E-state index in [1.54, 1.807) is 0 Å². The standard InChI is InChI=1S/C40BF28.C14H3F11.C10H23P/c42-13-1-5(21(50)37(66)33(13)62)17(46)29(58)25(54)9(1)41(10-2-6(18(47)30(59)26(10)55)22(51)38(67)34(63)14(2)43,11-3-7(19(48)31(60)27(11)56)23(52)39(68)35(64)15(3)44)12-4-8(20(49)32(61)28(12)57)24(53)40(69)36(65)16(4)45;1-2-3(4-7(16)11(20)13(22)12(21)8(4)17)5(14(23,24)25)9(18)10(19)6(2)15;1-4-6-7-10(5-2)8-9-11-3/h;1H3;10-11H,4-9H2,1-3H3/q-1;;/p+1. The van der Waals surface area contributed by atoms with E-state index in [0.29, 0.717) is 6.92 Å². The summed E-state index contributed by atoms with van der Waals surface area (Å²) in [5.41, 5.74) is -23.9. The van der Waals surface area contributed by atoms with Gasteiger partial charge in [0.1, 0.15) is 35.0 Å². The van der Waals surface area contributed by atoms with Crippen LogP contribution in [0.25, 0.3) is 54.2 Å². The van der Waals surface area contributed by atoms with Gasteiger partial charge in [-0.05, 0) is 55.0 Å². The zero-order valence-electron chi connectivity index (χ0n) is 51.2. The van der Waals surface area contributed by atoms with E-state index in [1.807, 2.05) is 0 Å². The summed E-state index contributed by atoms with van der Waals surface area (Å²) in [6.07, 6.45) is -5.17. The number of halogens is 39. The number of unbranched alkanes of at least 4 members (excludes halogenated alkanes) is 1. The average Bonchev–Trinajstić information content (AvgIpc) is 0.661. The highest BCUT2D eigenvalue weighted by molar-refractivity contribution is 7.36. The van der Waals surface area contributed by atoms with Crippen molar-refractivity contribution in [2.45, 2.75) is 59.1 Å². The van der Waals surface area contributed by atoms with Crippen LogP contribution < -0.4 is 21.9 Å². The Morgan fingerprint density at radius 3 is 0.714 bits per heavy atom. The zero-order valence-corrected chi connectivity index (χ0v) is 52.4. The minimum absolute atomic E-state index is 0.362. The molecule has 0 fully saturated rings. The summed E-state index contributed by atoms with van der Waals surface area (Å²) < 4.78 is 593. The maximum atomic E-state index is 17.3. The van der Waals surface area contributed by atoms with Crippen LogP contribution in [0.3, 0.4) is 0 Å². The molecule has 0 aliphatic carbocycles. The van der Waals surface area contributed by atoms with Crippen LogP contribution >= 0.6 is 8.58 Å². The summed E-state index contributed by atoms with van der Waals surface area (Å²) >= 11 is 0.